The highest BCUT2D eigenvalue weighted by atomic mass is 16.5. The summed E-state index contributed by atoms with van der Waals surface area (Å²) in [6.07, 6.45) is 1.78. The van der Waals surface area contributed by atoms with Gasteiger partial charge in [-0.05, 0) is 26.0 Å². The molecule has 1 amide bonds. The molecule has 1 saturated heterocycles. The van der Waals surface area contributed by atoms with Gasteiger partial charge in [0, 0.05) is 24.7 Å². The third-order valence-electron chi connectivity index (χ3n) is 5.41. The summed E-state index contributed by atoms with van der Waals surface area (Å²) in [5.41, 5.74) is 4.17. The molecular weight excluding hydrogens is 322 g/mol. The fourth-order valence-electron chi connectivity index (χ4n) is 3.83. The zero-order valence-electron chi connectivity index (χ0n) is 14.0. The van der Waals surface area contributed by atoms with Crippen LogP contribution in [0.3, 0.4) is 0 Å². The Morgan fingerprint density at radius 3 is 2.92 bits per heavy atom. The first-order chi connectivity index (χ1) is 12.0. The molecule has 130 valence electrons. The molecule has 0 radical (unpaired) electrons. The number of nitrogens with zero attached hydrogens (tertiary/aromatic N) is 3. The van der Waals surface area contributed by atoms with E-state index in [1.165, 1.54) is 0 Å². The van der Waals surface area contributed by atoms with Crippen molar-refractivity contribution in [2.24, 2.45) is 5.10 Å². The Kier molecular flexibility index (Phi) is 2.72. The highest BCUT2D eigenvalue weighted by Gasteiger charge is 2.38. The van der Waals surface area contributed by atoms with E-state index < -0.39 is 0 Å². The lowest BCUT2D eigenvalue weighted by Crippen LogP contribution is -2.58. The van der Waals surface area contributed by atoms with Gasteiger partial charge >= 0.3 is 0 Å². The number of amides is 1. The third-order valence-corrected chi connectivity index (χ3v) is 5.41. The van der Waals surface area contributed by atoms with Gasteiger partial charge in [-0.15, -0.1) is 0 Å². The molecule has 8 nitrogen and oxygen atoms in total. The van der Waals surface area contributed by atoms with E-state index in [9.17, 15) is 9.90 Å². The van der Waals surface area contributed by atoms with Crippen LogP contribution in [0.15, 0.2) is 23.4 Å². The van der Waals surface area contributed by atoms with Crippen LogP contribution in [0.25, 0.3) is 10.9 Å². The average molecular weight is 341 g/mol. The maximum Gasteiger partial charge on any atom is 0.262 e. The van der Waals surface area contributed by atoms with Crippen molar-refractivity contribution in [1.29, 1.82) is 0 Å². The molecule has 0 bridgehead atoms. The molecule has 2 aromatic rings. The van der Waals surface area contributed by atoms with Crippen LogP contribution in [-0.4, -0.2) is 47.2 Å². The maximum absolute atomic E-state index is 12.1. The number of hydrogen-bond acceptors (Lipinski definition) is 6. The Morgan fingerprint density at radius 1 is 1.40 bits per heavy atom. The molecule has 3 N–H and O–H groups in total. The number of aromatic nitrogens is 1. The highest BCUT2D eigenvalue weighted by molar-refractivity contribution is 6.10. The van der Waals surface area contributed by atoms with Crippen molar-refractivity contribution in [2.75, 3.05) is 24.6 Å². The second-order valence-corrected chi connectivity index (χ2v) is 7.16. The Bertz CT molecular complexity index is 943. The van der Waals surface area contributed by atoms with Gasteiger partial charge < -0.3 is 24.6 Å². The monoisotopic (exact) mass is 341 g/mol. The molecule has 1 aromatic heterocycles. The van der Waals surface area contributed by atoms with Crippen LogP contribution in [0.4, 0.5) is 5.69 Å². The van der Waals surface area contributed by atoms with E-state index in [-0.39, 0.29) is 29.8 Å². The summed E-state index contributed by atoms with van der Waals surface area (Å²) in [5.74, 6) is 1.42. The molecule has 0 saturated carbocycles. The quantitative estimate of drug-likeness (QED) is 0.710. The van der Waals surface area contributed by atoms with E-state index in [0.29, 0.717) is 11.6 Å². The lowest BCUT2D eigenvalue weighted by Gasteiger charge is -2.42. The number of carbonyl (C=O) groups is 1. The van der Waals surface area contributed by atoms with Crippen LogP contribution >= 0.6 is 0 Å². The summed E-state index contributed by atoms with van der Waals surface area (Å²) in [6.45, 7) is 5.98. The Labute approximate surface area is 144 Å². The predicted octanol–water partition coefficient (Wildman–Crippen LogP) is 0.696. The van der Waals surface area contributed by atoms with Gasteiger partial charge in [-0.25, -0.2) is 5.43 Å². The van der Waals surface area contributed by atoms with E-state index in [0.717, 1.165) is 29.7 Å². The fourth-order valence-corrected chi connectivity index (χ4v) is 3.83. The molecule has 1 atom stereocenters. The van der Waals surface area contributed by atoms with Crippen molar-refractivity contribution in [1.82, 2.24) is 15.3 Å². The number of benzene rings is 1. The molecule has 0 aliphatic carbocycles. The molecule has 1 unspecified atom stereocenters. The zero-order valence-corrected chi connectivity index (χ0v) is 14.0. The van der Waals surface area contributed by atoms with Crippen LogP contribution in [0.5, 0.6) is 11.5 Å². The first kappa shape index (κ1) is 14.6. The van der Waals surface area contributed by atoms with Gasteiger partial charge in [-0.2, -0.15) is 5.10 Å². The summed E-state index contributed by atoms with van der Waals surface area (Å²) in [4.78, 5) is 14.0. The minimum Gasteiger partial charge on any atom is -0.506 e. The first-order valence-corrected chi connectivity index (χ1v) is 8.36. The minimum atomic E-state index is -0.370. The van der Waals surface area contributed by atoms with Gasteiger partial charge in [0.05, 0.1) is 16.7 Å². The summed E-state index contributed by atoms with van der Waals surface area (Å²) >= 11 is 0. The first-order valence-electron chi connectivity index (χ1n) is 8.36. The van der Waals surface area contributed by atoms with Crippen LogP contribution in [0, 0.1) is 0 Å². The lowest BCUT2D eigenvalue weighted by molar-refractivity contribution is -0.122. The molecule has 1 aromatic carbocycles. The molecule has 5 rings (SSSR count). The van der Waals surface area contributed by atoms with E-state index in [4.69, 9.17) is 4.74 Å². The van der Waals surface area contributed by atoms with Gasteiger partial charge in [0.1, 0.15) is 24.1 Å². The summed E-state index contributed by atoms with van der Waals surface area (Å²) in [7, 11) is 0. The normalized spacial score (nSPS) is 23.9. The van der Waals surface area contributed by atoms with E-state index in [1.54, 1.807) is 6.20 Å². The van der Waals surface area contributed by atoms with Gasteiger partial charge in [-0.1, -0.05) is 0 Å². The molecule has 3 aliphatic heterocycles. The standard InChI is InChI=1S/C17H19N5O3/c1-9-16(24)20-19-15-6-25-14-3-10-11(4-12(14)22(9)15)21(5-13(10)23)17(2)7-18-8-17/h3-5,9,18,23H,6-8H2,1-2H3,(H,20,24). The molecule has 1 fully saturated rings. The second kappa shape index (κ2) is 4.66. The number of anilines is 1. The Balaban J connectivity index is 1.73. The van der Waals surface area contributed by atoms with Gasteiger partial charge in [-0.3, -0.25) is 4.79 Å². The number of aromatic hydroxyl groups is 1. The maximum atomic E-state index is 12.1. The fraction of sp³-hybridized carbons (Fsp3) is 0.412. The van der Waals surface area contributed by atoms with Crippen LogP contribution in [0.2, 0.25) is 0 Å². The molecule has 25 heavy (non-hydrogen) atoms. The smallest absolute Gasteiger partial charge is 0.262 e. The van der Waals surface area contributed by atoms with E-state index in [2.05, 4.69) is 27.3 Å². The summed E-state index contributed by atoms with van der Waals surface area (Å²) in [6, 6.07) is 3.46. The van der Waals surface area contributed by atoms with Gasteiger partial charge in [0.25, 0.3) is 5.91 Å². The molecule has 0 spiro atoms. The topological polar surface area (TPSA) is 91.1 Å². The van der Waals surface area contributed by atoms with Crippen molar-refractivity contribution >= 4 is 28.3 Å². The minimum absolute atomic E-state index is 0.0786. The number of hydrogen-bond donors (Lipinski definition) is 3. The van der Waals surface area contributed by atoms with E-state index in [1.807, 2.05) is 24.0 Å². The van der Waals surface area contributed by atoms with Crippen molar-refractivity contribution in [3.63, 3.8) is 0 Å². The Hall–Kier alpha value is -2.74. The van der Waals surface area contributed by atoms with Crippen molar-refractivity contribution in [2.45, 2.75) is 25.4 Å². The van der Waals surface area contributed by atoms with Crippen LogP contribution in [-0.2, 0) is 10.3 Å². The number of fused-ring (bicyclic) bond motifs is 4. The lowest BCUT2D eigenvalue weighted by atomic mass is 9.94. The third kappa shape index (κ3) is 1.85. The van der Waals surface area contributed by atoms with Crippen molar-refractivity contribution < 1.29 is 14.6 Å². The molecule has 4 heterocycles. The van der Waals surface area contributed by atoms with Crippen LogP contribution in [0.1, 0.15) is 13.8 Å². The molecule has 3 aliphatic rings. The molecular formula is C17H19N5O3. The number of rotatable bonds is 1. The van der Waals surface area contributed by atoms with Crippen molar-refractivity contribution in [3.05, 3.63) is 18.3 Å². The zero-order chi connectivity index (χ0) is 17.3. The summed E-state index contributed by atoms with van der Waals surface area (Å²) < 4.78 is 7.92. The number of hydrazone groups is 1. The number of carbonyl (C=O) groups excluding carboxylic acids is 1. The average Bonchev–Trinajstić information content (AvgIpc) is 2.90. The number of amidine groups is 1. The summed E-state index contributed by atoms with van der Waals surface area (Å²) in [5, 5.41) is 18.6. The SMILES string of the molecule is CC1C(=O)NN=C2COc3cc4c(O)cn(C5(C)CNC5)c4cc3N21. The Morgan fingerprint density at radius 2 is 2.20 bits per heavy atom. The molecule has 8 heteroatoms. The highest BCUT2D eigenvalue weighted by Crippen LogP contribution is 2.43. The number of nitrogens with one attached hydrogen (secondary N) is 2. The van der Waals surface area contributed by atoms with Crippen LogP contribution < -0.4 is 20.4 Å². The number of ether oxygens (including phenoxy) is 1. The largest absolute Gasteiger partial charge is 0.506 e. The van der Waals surface area contributed by atoms with Gasteiger partial charge in [0.2, 0.25) is 0 Å². The van der Waals surface area contributed by atoms with Gasteiger partial charge in [0.15, 0.2) is 5.84 Å². The second-order valence-electron chi connectivity index (χ2n) is 7.16. The van der Waals surface area contributed by atoms with E-state index >= 15 is 0 Å². The van der Waals surface area contributed by atoms with Crippen molar-refractivity contribution in [3.8, 4) is 11.5 Å². The predicted molar refractivity (Wildman–Crippen MR) is 93.1 cm³/mol.